The number of nitrogens with one attached hydrogen (secondary N) is 2. The Morgan fingerprint density at radius 3 is 2.53 bits per heavy atom. The molecule has 2 heterocycles. The third-order valence-corrected chi connectivity index (χ3v) is 2.53. The molecule has 0 aliphatic carbocycles. The van der Waals surface area contributed by atoms with Crippen molar-refractivity contribution in [2.24, 2.45) is 0 Å². The van der Waals surface area contributed by atoms with E-state index in [1.807, 2.05) is 0 Å². The Balaban J connectivity index is 2.90. The largest absolute Gasteiger partial charge is 0.383 e. The maximum Gasteiger partial charge on any atom is 0.330 e. The van der Waals surface area contributed by atoms with Crippen LogP contribution >= 0.6 is 0 Å². The van der Waals surface area contributed by atoms with Crippen LogP contribution in [0.25, 0.3) is 11.2 Å². The minimum Gasteiger partial charge on any atom is -0.383 e. The average Bonchev–Trinajstić information content (AvgIpc) is 2.62. The molecule has 0 spiro atoms. The fraction of sp³-hybridized carbons (Fsp3) is 0.500. The second kappa shape index (κ2) is 3.56. The van der Waals surface area contributed by atoms with Gasteiger partial charge >= 0.3 is 5.69 Å². The van der Waals surface area contributed by atoms with Gasteiger partial charge in [-0.05, 0) is 20.8 Å². The second-order valence-electron chi connectivity index (χ2n) is 4.35. The summed E-state index contributed by atoms with van der Waals surface area (Å²) in [5.41, 5.74) is -1.77. The highest BCUT2D eigenvalue weighted by atomic mass is 16.3. The van der Waals surface area contributed by atoms with Crippen molar-refractivity contribution in [3.05, 3.63) is 26.7 Å². The van der Waals surface area contributed by atoms with Gasteiger partial charge in [0.05, 0.1) is 0 Å². The van der Waals surface area contributed by atoms with Crippen LogP contribution in [-0.4, -0.2) is 24.6 Å². The molecule has 7 heteroatoms. The van der Waals surface area contributed by atoms with E-state index in [0.29, 0.717) is 6.54 Å². The van der Waals surface area contributed by atoms with Gasteiger partial charge in [0, 0.05) is 6.54 Å². The first-order valence-electron chi connectivity index (χ1n) is 5.30. The van der Waals surface area contributed by atoms with Crippen LogP contribution in [0.15, 0.2) is 9.59 Å². The Morgan fingerprint density at radius 1 is 1.35 bits per heavy atom. The zero-order valence-corrected chi connectivity index (χ0v) is 9.87. The van der Waals surface area contributed by atoms with Gasteiger partial charge in [0.25, 0.3) is 5.56 Å². The number of aromatic amines is 2. The summed E-state index contributed by atoms with van der Waals surface area (Å²) in [6.45, 7) is 5.26. The minimum atomic E-state index is -1.19. The lowest BCUT2D eigenvalue weighted by atomic mass is 10.1. The molecule has 3 N–H and O–H groups in total. The van der Waals surface area contributed by atoms with Crippen LogP contribution in [0, 0.1) is 0 Å². The van der Waals surface area contributed by atoms with Gasteiger partial charge in [-0.25, -0.2) is 9.78 Å². The molecule has 0 aliphatic rings. The number of aromatic nitrogens is 4. The molecule has 0 aromatic carbocycles. The first kappa shape index (κ1) is 11.6. The number of nitrogens with zero attached hydrogens (tertiary/aromatic N) is 2. The SMILES string of the molecule is CCn1c(=O)[nH]c(=O)c2[nH]c(C(C)(C)O)nc21. The van der Waals surface area contributed by atoms with Crippen molar-refractivity contribution in [1.29, 1.82) is 0 Å². The standard InChI is InChI=1S/C10H14N4O3/c1-4-14-6-5(7(15)13-9(14)16)11-8(12-6)10(2,3)17/h17H,4H2,1-3H3,(H,11,12)(H,13,15,16). The van der Waals surface area contributed by atoms with Crippen molar-refractivity contribution in [1.82, 2.24) is 19.5 Å². The predicted molar refractivity (Wildman–Crippen MR) is 61.9 cm³/mol. The molecule has 0 radical (unpaired) electrons. The fourth-order valence-corrected chi connectivity index (χ4v) is 1.62. The van der Waals surface area contributed by atoms with Gasteiger partial charge in [-0.1, -0.05) is 0 Å². The zero-order chi connectivity index (χ0) is 12.8. The van der Waals surface area contributed by atoms with Gasteiger partial charge in [0.2, 0.25) is 0 Å². The molecule has 17 heavy (non-hydrogen) atoms. The fourth-order valence-electron chi connectivity index (χ4n) is 1.62. The topological polar surface area (TPSA) is 104 Å². The Bertz CT molecular complexity index is 671. The van der Waals surface area contributed by atoms with Crippen LogP contribution < -0.4 is 11.2 Å². The third-order valence-electron chi connectivity index (χ3n) is 2.53. The number of imidazole rings is 1. The molecule has 0 saturated carbocycles. The third kappa shape index (κ3) is 1.78. The van der Waals surface area contributed by atoms with Crippen molar-refractivity contribution in [3.8, 4) is 0 Å². The van der Waals surface area contributed by atoms with Crippen LogP contribution in [-0.2, 0) is 12.1 Å². The Kier molecular flexibility index (Phi) is 2.43. The number of hydrogen-bond acceptors (Lipinski definition) is 4. The summed E-state index contributed by atoms with van der Waals surface area (Å²) in [6, 6.07) is 0. The van der Waals surface area contributed by atoms with E-state index < -0.39 is 16.9 Å². The molecule has 0 fully saturated rings. The summed E-state index contributed by atoms with van der Waals surface area (Å²) >= 11 is 0. The Hall–Kier alpha value is -1.89. The molecular weight excluding hydrogens is 224 g/mol. The minimum absolute atomic E-state index is 0.198. The van der Waals surface area contributed by atoms with Crippen LogP contribution in [0.1, 0.15) is 26.6 Å². The van der Waals surface area contributed by atoms with Crippen molar-refractivity contribution in [3.63, 3.8) is 0 Å². The van der Waals surface area contributed by atoms with Gasteiger partial charge < -0.3 is 10.1 Å². The number of aryl methyl sites for hydroxylation is 1. The maximum absolute atomic E-state index is 11.6. The summed E-state index contributed by atoms with van der Waals surface area (Å²) in [5.74, 6) is 0.255. The summed E-state index contributed by atoms with van der Waals surface area (Å²) in [6.07, 6.45) is 0. The second-order valence-corrected chi connectivity index (χ2v) is 4.35. The summed E-state index contributed by atoms with van der Waals surface area (Å²) in [4.78, 5) is 32.2. The number of hydrogen-bond donors (Lipinski definition) is 3. The first-order valence-corrected chi connectivity index (χ1v) is 5.30. The van der Waals surface area contributed by atoms with Crippen molar-refractivity contribution in [2.45, 2.75) is 32.9 Å². The number of aliphatic hydroxyl groups is 1. The van der Waals surface area contributed by atoms with Gasteiger partial charge in [-0.3, -0.25) is 14.3 Å². The molecule has 0 amide bonds. The molecular formula is C10H14N4O3. The molecule has 7 nitrogen and oxygen atoms in total. The number of H-pyrrole nitrogens is 2. The predicted octanol–water partition coefficient (Wildman–Crippen LogP) is -0.340. The molecule has 0 saturated heterocycles. The van der Waals surface area contributed by atoms with Crippen LogP contribution in [0.3, 0.4) is 0 Å². The lowest BCUT2D eigenvalue weighted by molar-refractivity contribution is 0.0699. The van der Waals surface area contributed by atoms with Crippen molar-refractivity contribution < 1.29 is 5.11 Å². The molecule has 0 bridgehead atoms. The highest BCUT2D eigenvalue weighted by molar-refractivity contribution is 5.69. The van der Waals surface area contributed by atoms with Gasteiger partial charge in [0.1, 0.15) is 16.9 Å². The first-order chi connectivity index (χ1) is 7.84. The molecule has 2 aromatic heterocycles. The quantitative estimate of drug-likeness (QED) is 0.665. The van der Waals surface area contributed by atoms with E-state index in [-0.39, 0.29) is 17.0 Å². The monoisotopic (exact) mass is 238 g/mol. The Labute approximate surface area is 96.1 Å². The molecule has 0 unspecified atom stereocenters. The lowest BCUT2D eigenvalue weighted by Crippen LogP contribution is -2.29. The van der Waals surface area contributed by atoms with E-state index in [4.69, 9.17) is 0 Å². The van der Waals surface area contributed by atoms with Gasteiger partial charge in [-0.15, -0.1) is 0 Å². The van der Waals surface area contributed by atoms with Gasteiger partial charge in [-0.2, -0.15) is 0 Å². The number of rotatable bonds is 2. The molecule has 92 valence electrons. The lowest BCUT2D eigenvalue weighted by Gasteiger charge is -2.12. The van der Waals surface area contributed by atoms with E-state index in [0.717, 1.165) is 0 Å². The normalized spacial score (nSPS) is 12.2. The summed E-state index contributed by atoms with van der Waals surface area (Å²) in [7, 11) is 0. The van der Waals surface area contributed by atoms with E-state index in [1.165, 1.54) is 4.57 Å². The molecule has 2 rings (SSSR count). The molecule has 2 aromatic rings. The van der Waals surface area contributed by atoms with Crippen molar-refractivity contribution in [2.75, 3.05) is 0 Å². The average molecular weight is 238 g/mol. The van der Waals surface area contributed by atoms with Crippen LogP contribution in [0.5, 0.6) is 0 Å². The summed E-state index contributed by atoms with van der Waals surface area (Å²) in [5, 5.41) is 9.82. The maximum atomic E-state index is 11.6. The van der Waals surface area contributed by atoms with Crippen LogP contribution in [0.2, 0.25) is 0 Å². The van der Waals surface area contributed by atoms with Crippen LogP contribution in [0.4, 0.5) is 0 Å². The summed E-state index contributed by atoms with van der Waals surface area (Å²) < 4.78 is 1.34. The molecule has 0 aliphatic heterocycles. The van der Waals surface area contributed by atoms with E-state index in [9.17, 15) is 14.7 Å². The van der Waals surface area contributed by atoms with E-state index >= 15 is 0 Å². The number of fused-ring (bicyclic) bond motifs is 1. The van der Waals surface area contributed by atoms with Crippen molar-refractivity contribution >= 4 is 11.2 Å². The Morgan fingerprint density at radius 2 is 2.00 bits per heavy atom. The molecule has 0 atom stereocenters. The highest BCUT2D eigenvalue weighted by Gasteiger charge is 2.22. The van der Waals surface area contributed by atoms with E-state index in [1.54, 1.807) is 20.8 Å². The van der Waals surface area contributed by atoms with Gasteiger partial charge in [0.15, 0.2) is 5.65 Å². The zero-order valence-electron chi connectivity index (χ0n) is 9.87. The highest BCUT2D eigenvalue weighted by Crippen LogP contribution is 2.17. The van der Waals surface area contributed by atoms with E-state index in [2.05, 4.69) is 15.0 Å². The smallest absolute Gasteiger partial charge is 0.330 e.